The minimum Gasteiger partial charge on any atom is -0.495 e. The topological polar surface area (TPSA) is 77.1 Å². The van der Waals surface area contributed by atoms with Gasteiger partial charge in [-0.1, -0.05) is 6.07 Å². The van der Waals surface area contributed by atoms with Crippen LogP contribution in [0.5, 0.6) is 17.2 Å². The normalized spacial score (nSPS) is 10.1. The number of nitrogens with one attached hydrogen (secondary N) is 1. The minimum absolute atomic E-state index is 0.149. The lowest BCUT2D eigenvalue weighted by Crippen LogP contribution is -2.37. The first-order valence-electron chi connectivity index (χ1n) is 8.34. The van der Waals surface area contributed by atoms with Gasteiger partial charge in [-0.15, -0.1) is 0 Å². The molecule has 0 heterocycles. The zero-order valence-corrected chi connectivity index (χ0v) is 16.2. The van der Waals surface area contributed by atoms with E-state index in [4.69, 9.17) is 14.2 Å². The Kier molecular flexibility index (Phi) is 6.65. The van der Waals surface area contributed by atoms with Gasteiger partial charge in [-0.05, 0) is 36.8 Å². The summed E-state index contributed by atoms with van der Waals surface area (Å²) in [6, 6.07) is 10.5. The van der Waals surface area contributed by atoms with Crippen molar-refractivity contribution in [3.8, 4) is 17.2 Å². The third kappa shape index (κ3) is 4.91. The zero-order valence-electron chi connectivity index (χ0n) is 16.2. The Morgan fingerprint density at radius 2 is 1.56 bits per heavy atom. The number of aryl methyl sites for hydroxylation is 1. The maximum atomic E-state index is 12.5. The molecule has 0 saturated heterocycles. The maximum Gasteiger partial charge on any atom is 0.244 e. The molecule has 2 aromatic carbocycles. The number of rotatable bonds is 7. The Balaban J connectivity index is 2.21. The molecule has 2 rings (SSSR count). The molecule has 144 valence electrons. The van der Waals surface area contributed by atoms with Crippen LogP contribution in [0.1, 0.15) is 12.5 Å². The lowest BCUT2D eigenvalue weighted by Gasteiger charge is -2.23. The first-order chi connectivity index (χ1) is 12.9. The Bertz CT molecular complexity index is 835. The largest absolute Gasteiger partial charge is 0.495 e. The Hall–Kier alpha value is -3.22. The van der Waals surface area contributed by atoms with Gasteiger partial charge in [-0.3, -0.25) is 14.5 Å². The van der Waals surface area contributed by atoms with Gasteiger partial charge in [0.05, 0.1) is 27.0 Å². The van der Waals surface area contributed by atoms with E-state index < -0.39 is 0 Å². The number of methoxy groups -OCH3 is 3. The molecule has 0 unspecified atom stereocenters. The van der Waals surface area contributed by atoms with Gasteiger partial charge in [-0.25, -0.2) is 0 Å². The average Bonchev–Trinajstić information content (AvgIpc) is 2.65. The van der Waals surface area contributed by atoms with Crippen molar-refractivity contribution in [1.82, 2.24) is 0 Å². The molecule has 7 heteroatoms. The van der Waals surface area contributed by atoms with Crippen LogP contribution in [-0.4, -0.2) is 39.7 Å². The molecule has 7 nitrogen and oxygen atoms in total. The summed E-state index contributed by atoms with van der Waals surface area (Å²) in [4.78, 5) is 26.0. The van der Waals surface area contributed by atoms with Gasteiger partial charge < -0.3 is 19.5 Å². The molecule has 0 atom stereocenters. The van der Waals surface area contributed by atoms with E-state index >= 15 is 0 Å². The van der Waals surface area contributed by atoms with Crippen molar-refractivity contribution in [3.63, 3.8) is 0 Å². The maximum absolute atomic E-state index is 12.5. The molecule has 2 aromatic rings. The highest BCUT2D eigenvalue weighted by Crippen LogP contribution is 2.31. The molecule has 0 aromatic heterocycles. The van der Waals surface area contributed by atoms with Gasteiger partial charge in [0.1, 0.15) is 12.3 Å². The smallest absolute Gasteiger partial charge is 0.244 e. The summed E-state index contributed by atoms with van der Waals surface area (Å²) in [5.74, 6) is 0.974. The van der Waals surface area contributed by atoms with E-state index in [0.717, 1.165) is 5.56 Å². The molecule has 0 aliphatic heterocycles. The summed E-state index contributed by atoms with van der Waals surface area (Å²) in [5.41, 5.74) is 2.04. The molecule has 0 spiro atoms. The van der Waals surface area contributed by atoms with E-state index in [1.165, 1.54) is 33.2 Å². The van der Waals surface area contributed by atoms with E-state index in [1.807, 2.05) is 19.1 Å². The molecule has 0 fully saturated rings. The third-order valence-electron chi connectivity index (χ3n) is 3.97. The number of carbonyl (C=O) groups excluding carboxylic acids is 2. The first kappa shape index (κ1) is 20.1. The predicted molar refractivity (Wildman–Crippen MR) is 104 cm³/mol. The summed E-state index contributed by atoms with van der Waals surface area (Å²) in [6.45, 7) is 3.17. The van der Waals surface area contributed by atoms with E-state index in [1.54, 1.807) is 24.3 Å². The summed E-state index contributed by atoms with van der Waals surface area (Å²) in [6.07, 6.45) is 0. The quantitative estimate of drug-likeness (QED) is 0.808. The van der Waals surface area contributed by atoms with Crippen LogP contribution in [0, 0.1) is 6.92 Å². The molecular formula is C20H24N2O5. The van der Waals surface area contributed by atoms with E-state index in [-0.39, 0.29) is 18.4 Å². The lowest BCUT2D eigenvalue weighted by molar-refractivity contribution is -0.120. The number of nitrogens with zero attached hydrogens (tertiary/aromatic N) is 1. The van der Waals surface area contributed by atoms with Crippen LogP contribution in [0.2, 0.25) is 0 Å². The van der Waals surface area contributed by atoms with Gasteiger partial charge in [0.25, 0.3) is 0 Å². The Morgan fingerprint density at radius 1 is 0.926 bits per heavy atom. The van der Waals surface area contributed by atoms with E-state index in [9.17, 15) is 9.59 Å². The number of hydrogen-bond acceptors (Lipinski definition) is 5. The standard InChI is InChI=1S/C20H24N2O5/c1-13-6-8-17(25-3)16(10-13)22(14(2)23)12-20(24)21-15-7-9-18(26-4)19(11-15)27-5/h6-11H,12H2,1-5H3,(H,21,24). The van der Waals surface area contributed by atoms with Crippen molar-refractivity contribution in [3.05, 3.63) is 42.0 Å². The van der Waals surface area contributed by atoms with Crippen LogP contribution in [0.15, 0.2) is 36.4 Å². The van der Waals surface area contributed by atoms with Crippen molar-refractivity contribution in [2.24, 2.45) is 0 Å². The number of amides is 2. The number of ether oxygens (including phenoxy) is 3. The fraction of sp³-hybridized carbons (Fsp3) is 0.300. The molecule has 0 aliphatic carbocycles. The average molecular weight is 372 g/mol. The number of anilines is 2. The van der Waals surface area contributed by atoms with Crippen LogP contribution >= 0.6 is 0 Å². The molecule has 27 heavy (non-hydrogen) atoms. The minimum atomic E-state index is -0.346. The molecule has 0 bridgehead atoms. The monoisotopic (exact) mass is 372 g/mol. The molecule has 0 saturated carbocycles. The first-order valence-corrected chi connectivity index (χ1v) is 8.34. The van der Waals surface area contributed by atoms with Crippen molar-refractivity contribution in [2.45, 2.75) is 13.8 Å². The SMILES string of the molecule is COc1ccc(NC(=O)CN(C(C)=O)c2cc(C)ccc2OC)cc1OC. The second-order valence-electron chi connectivity index (χ2n) is 5.90. The molecule has 0 aliphatic rings. The van der Waals surface area contributed by atoms with Crippen molar-refractivity contribution < 1.29 is 23.8 Å². The van der Waals surface area contributed by atoms with Crippen LogP contribution in [0.3, 0.4) is 0 Å². The van der Waals surface area contributed by atoms with Gasteiger partial charge in [-0.2, -0.15) is 0 Å². The highest BCUT2D eigenvalue weighted by atomic mass is 16.5. The summed E-state index contributed by atoms with van der Waals surface area (Å²) >= 11 is 0. The van der Waals surface area contributed by atoms with Crippen LogP contribution in [0.25, 0.3) is 0 Å². The van der Waals surface area contributed by atoms with Crippen LogP contribution in [-0.2, 0) is 9.59 Å². The van der Waals surface area contributed by atoms with Crippen molar-refractivity contribution in [2.75, 3.05) is 38.1 Å². The highest BCUT2D eigenvalue weighted by molar-refractivity contribution is 6.02. The number of hydrogen-bond donors (Lipinski definition) is 1. The molecule has 2 amide bonds. The Morgan fingerprint density at radius 3 is 2.15 bits per heavy atom. The van der Waals surface area contributed by atoms with Crippen LogP contribution < -0.4 is 24.4 Å². The second kappa shape index (κ2) is 8.93. The fourth-order valence-corrected chi connectivity index (χ4v) is 2.64. The van der Waals surface area contributed by atoms with Gasteiger partial charge in [0, 0.05) is 18.7 Å². The summed E-state index contributed by atoms with van der Waals surface area (Å²) in [5, 5.41) is 2.77. The highest BCUT2D eigenvalue weighted by Gasteiger charge is 2.20. The second-order valence-corrected chi connectivity index (χ2v) is 5.90. The van der Waals surface area contributed by atoms with Gasteiger partial charge >= 0.3 is 0 Å². The van der Waals surface area contributed by atoms with Crippen LogP contribution in [0.4, 0.5) is 11.4 Å². The predicted octanol–water partition coefficient (Wildman–Crippen LogP) is 3.01. The third-order valence-corrected chi connectivity index (χ3v) is 3.97. The zero-order chi connectivity index (χ0) is 20.0. The molecule has 1 N–H and O–H groups in total. The Labute approximate surface area is 158 Å². The molecule has 0 radical (unpaired) electrons. The number of benzene rings is 2. The van der Waals surface area contributed by atoms with E-state index in [0.29, 0.717) is 28.6 Å². The van der Waals surface area contributed by atoms with Crippen molar-refractivity contribution in [1.29, 1.82) is 0 Å². The summed E-state index contributed by atoms with van der Waals surface area (Å²) < 4.78 is 15.7. The fourth-order valence-electron chi connectivity index (χ4n) is 2.64. The molecular weight excluding hydrogens is 348 g/mol. The van der Waals surface area contributed by atoms with Crippen molar-refractivity contribution >= 4 is 23.2 Å². The van der Waals surface area contributed by atoms with E-state index in [2.05, 4.69) is 5.32 Å². The summed E-state index contributed by atoms with van der Waals surface area (Å²) in [7, 11) is 4.58. The lowest BCUT2D eigenvalue weighted by atomic mass is 10.2. The van der Waals surface area contributed by atoms with Gasteiger partial charge in [0.2, 0.25) is 11.8 Å². The van der Waals surface area contributed by atoms with Gasteiger partial charge in [0.15, 0.2) is 11.5 Å². The number of carbonyl (C=O) groups is 2.